The SMILES string of the molecule is C#CC(O)(CC)Cc1ccccc1. The van der Waals surface area contributed by atoms with Crippen LogP contribution in [0, 0.1) is 12.3 Å². The molecule has 0 saturated carbocycles. The van der Waals surface area contributed by atoms with Crippen LogP contribution in [0.5, 0.6) is 0 Å². The Morgan fingerprint density at radius 3 is 2.46 bits per heavy atom. The molecule has 0 bridgehead atoms. The highest BCUT2D eigenvalue weighted by molar-refractivity contribution is 5.21. The number of rotatable bonds is 3. The van der Waals surface area contributed by atoms with Gasteiger partial charge in [-0.25, -0.2) is 0 Å². The largest absolute Gasteiger partial charge is 0.377 e. The van der Waals surface area contributed by atoms with E-state index >= 15 is 0 Å². The lowest BCUT2D eigenvalue weighted by atomic mass is 9.93. The second-order valence-electron chi connectivity index (χ2n) is 3.19. The molecule has 1 aromatic rings. The molecule has 1 aromatic carbocycles. The van der Waals surface area contributed by atoms with Crippen LogP contribution in [0.25, 0.3) is 0 Å². The summed E-state index contributed by atoms with van der Waals surface area (Å²) in [5.41, 5.74) is 0.0891. The number of benzene rings is 1. The highest BCUT2D eigenvalue weighted by Crippen LogP contribution is 2.15. The van der Waals surface area contributed by atoms with Crippen molar-refractivity contribution in [3.63, 3.8) is 0 Å². The fourth-order valence-corrected chi connectivity index (χ4v) is 1.21. The summed E-state index contributed by atoms with van der Waals surface area (Å²) < 4.78 is 0. The standard InChI is InChI=1S/C12H14O/c1-3-12(13,4-2)10-11-8-6-5-7-9-11/h1,5-9,13H,4,10H2,2H3. The minimum atomic E-state index is -0.985. The highest BCUT2D eigenvalue weighted by Gasteiger charge is 2.21. The van der Waals surface area contributed by atoms with Crippen LogP contribution in [0.2, 0.25) is 0 Å². The Labute approximate surface area is 79.4 Å². The van der Waals surface area contributed by atoms with Crippen molar-refractivity contribution in [2.24, 2.45) is 0 Å². The van der Waals surface area contributed by atoms with Gasteiger partial charge < -0.3 is 5.11 Å². The van der Waals surface area contributed by atoms with Crippen molar-refractivity contribution in [2.75, 3.05) is 0 Å². The summed E-state index contributed by atoms with van der Waals surface area (Å²) in [5.74, 6) is 2.43. The molecule has 0 saturated heterocycles. The molecule has 13 heavy (non-hydrogen) atoms. The predicted octanol–water partition coefficient (Wildman–Crippen LogP) is 2.00. The molecule has 0 aromatic heterocycles. The van der Waals surface area contributed by atoms with Crippen molar-refractivity contribution in [3.05, 3.63) is 35.9 Å². The predicted molar refractivity (Wildman–Crippen MR) is 54.2 cm³/mol. The molecule has 1 nitrogen and oxygen atoms in total. The summed E-state index contributed by atoms with van der Waals surface area (Å²) in [6.45, 7) is 1.89. The second kappa shape index (κ2) is 4.11. The van der Waals surface area contributed by atoms with Crippen molar-refractivity contribution in [1.82, 2.24) is 0 Å². The molecule has 0 aliphatic rings. The third-order valence-electron chi connectivity index (χ3n) is 2.19. The van der Waals surface area contributed by atoms with E-state index in [0.29, 0.717) is 12.8 Å². The molecule has 0 heterocycles. The van der Waals surface area contributed by atoms with Crippen LogP contribution in [0.1, 0.15) is 18.9 Å². The maximum absolute atomic E-state index is 9.85. The van der Waals surface area contributed by atoms with Crippen molar-refractivity contribution in [3.8, 4) is 12.3 Å². The second-order valence-corrected chi connectivity index (χ2v) is 3.19. The maximum atomic E-state index is 9.85. The summed E-state index contributed by atoms with van der Waals surface area (Å²) in [6.07, 6.45) is 6.38. The first-order chi connectivity index (χ1) is 6.20. The van der Waals surface area contributed by atoms with Crippen LogP contribution in [0.15, 0.2) is 30.3 Å². The Hall–Kier alpha value is -1.26. The monoisotopic (exact) mass is 174 g/mol. The Balaban J connectivity index is 2.75. The lowest BCUT2D eigenvalue weighted by molar-refractivity contribution is 0.0978. The van der Waals surface area contributed by atoms with E-state index in [1.54, 1.807) is 0 Å². The molecule has 1 heteroatoms. The molecule has 0 aliphatic heterocycles. The summed E-state index contributed by atoms with van der Waals surface area (Å²) in [5, 5.41) is 9.85. The molecule has 0 aliphatic carbocycles. The van der Waals surface area contributed by atoms with E-state index in [9.17, 15) is 5.11 Å². The maximum Gasteiger partial charge on any atom is 0.128 e. The van der Waals surface area contributed by atoms with Gasteiger partial charge in [0, 0.05) is 6.42 Å². The average molecular weight is 174 g/mol. The molecule has 0 fully saturated rings. The zero-order valence-corrected chi connectivity index (χ0v) is 7.83. The number of aliphatic hydroxyl groups is 1. The lowest BCUT2D eigenvalue weighted by Gasteiger charge is -2.19. The van der Waals surface area contributed by atoms with Gasteiger partial charge in [-0.2, -0.15) is 0 Å². The van der Waals surface area contributed by atoms with E-state index in [-0.39, 0.29) is 0 Å². The van der Waals surface area contributed by atoms with Gasteiger partial charge in [-0.15, -0.1) is 6.42 Å². The molecular formula is C12H14O. The van der Waals surface area contributed by atoms with E-state index < -0.39 is 5.60 Å². The van der Waals surface area contributed by atoms with Crippen LogP contribution in [0.4, 0.5) is 0 Å². The topological polar surface area (TPSA) is 20.2 Å². The number of hydrogen-bond donors (Lipinski definition) is 1. The van der Waals surface area contributed by atoms with E-state index in [1.165, 1.54) is 0 Å². The van der Waals surface area contributed by atoms with E-state index in [2.05, 4.69) is 5.92 Å². The van der Waals surface area contributed by atoms with Gasteiger partial charge in [-0.1, -0.05) is 43.2 Å². The molecule has 0 radical (unpaired) electrons. The van der Waals surface area contributed by atoms with Crippen molar-refractivity contribution in [1.29, 1.82) is 0 Å². The zero-order chi connectivity index (χ0) is 9.73. The fourth-order valence-electron chi connectivity index (χ4n) is 1.21. The van der Waals surface area contributed by atoms with Gasteiger partial charge in [-0.05, 0) is 12.0 Å². The van der Waals surface area contributed by atoms with Gasteiger partial charge in [0.15, 0.2) is 0 Å². The smallest absolute Gasteiger partial charge is 0.128 e. The average Bonchev–Trinajstić information content (AvgIpc) is 2.19. The van der Waals surface area contributed by atoms with Gasteiger partial charge in [0.2, 0.25) is 0 Å². The van der Waals surface area contributed by atoms with Crippen molar-refractivity contribution < 1.29 is 5.11 Å². The molecular weight excluding hydrogens is 160 g/mol. The Morgan fingerprint density at radius 2 is 2.00 bits per heavy atom. The summed E-state index contributed by atoms with van der Waals surface area (Å²) in [6, 6.07) is 9.78. The number of hydrogen-bond acceptors (Lipinski definition) is 1. The first kappa shape index (κ1) is 9.83. The molecule has 1 rings (SSSR count). The van der Waals surface area contributed by atoms with E-state index in [1.807, 2.05) is 37.3 Å². The Kier molecular flexibility index (Phi) is 3.11. The summed E-state index contributed by atoms with van der Waals surface area (Å²) in [4.78, 5) is 0. The van der Waals surface area contributed by atoms with Crippen LogP contribution >= 0.6 is 0 Å². The summed E-state index contributed by atoms with van der Waals surface area (Å²) >= 11 is 0. The molecule has 1 N–H and O–H groups in total. The van der Waals surface area contributed by atoms with Crippen LogP contribution < -0.4 is 0 Å². The molecule has 1 unspecified atom stereocenters. The minimum absolute atomic E-state index is 0.529. The van der Waals surface area contributed by atoms with Crippen molar-refractivity contribution in [2.45, 2.75) is 25.4 Å². The van der Waals surface area contributed by atoms with E-state index in [4.69, 9.17) is 6.42 Å². The first-order valence-corrected chi connectivity index (χ1v) is 4.44. The molecule has 68 valence electrons. The van der Waals surface area contributed by atoms with Crippen molar-refractivity contribution >= 4 is 0 Å². The quantitative estimate of drug-likeness (QED) is 0.695. The van der Waals surface area contributed by atoms with Gasteiger partial charge >= 0.3 is 0 Å². The molecule has 1 atom stereocenters. The molecule has 0 amide bonds. The third-order valence-corrected chi connectivity index (χ3v) is 2.19. The van der Waals surface area contributed by atoms with Crippen LogP contribution in [-0.4, -0.2) is 10.7 Å². The van der Waals surface area contributed by atoms with Crippen LogP contribution in [0.3, 0.4) is 0 Å². The Morgan fingerprint density at radius 1 is 1.38 bits per heavy atom. The minimum Gasteiger partial charge on any atom is -0.377 e. The summed E-state index contributed by atoms with van der Waals surface area (Å²) in [7, 11) is 0. The van der Waals surface area contributed by atoms with Gasteiger partial charge in [0.25, 0.3) is 0 Å². The normalized spacial score (nSPS) is 14.5. The number of terminal acetylenes is 1. The Bertz CT molecular complexity index is 297. The zero-order valence-electron chi connectivity index (χ0n) is 7.83. The third kappa shape index (κ3) is 2.61. The van der Waals surface area contributed by atoms with Crippen LogP contribution in [-0.2, 0) is 6.42 Å². The fraction of sp³-hybridized carbons (Fsp3) is 0.333. The highest BCUT2D eigenvalue weighted by atomic mass is 16.3. The molecule has 0 spiro atoms. The van der Waals surface area contributed by atoms with Gasteiger partial charge in [0.05, 0.1) is 0 Å². The van der Waals surface area contributed by atoms with E-state index in [0.717, 1.165) is 5.56 Å². The lowest BCUT2D eigenvalue weighted by Crippen LogP contribution is -2.28. The van der Waals surface area contributed by atoms with Gasteiger partial charge in [-0.3, -0.25) is 0 Å². The van der Waals surface area contributed by atoms with Gasteiger partial charge in [0.1, 0.15) is 5.60 Å². The first-order valence-electron chi connectivity index (χ1n) is 4.44.